The maximum Gasteiger partial charge on any atom is 0.325 e. The number of hydrogen-bond acceptors (Lipinski definition) is 3. The van der Waals surface area contributed by atoms with Crippen LogP contribution in [0.15, 0.2) is 0 Å². The second kappa shape index (κ2) is 23.2. The molecular formula is C24H48BrNO2. The Morgan fingerprint density at radius 3 is 1.57 bits per heavy atom. The van der Waals surface area contributed by atoms with E-state index in [-0.39, 0.29) is 5.97 Å². The number of halogens is 1. The van der Waals surface area contributed by atoms with Crippen LogP contribution in [0.2, 0.25) is 0 Å². The van der Waals surface area contributed by atoms with Gasteiger partial charge in [-0.05, 0) is 25.7 Å². The predicted octanol–water partition coefficient (Wildman–Crippen LogP) is 8.20. The lowest BCUT2D eigenvalue weighted by Crippen LogP contribution is -2.29. The van der Waals surface area contributed by atoms with E-state index in [1.54, 1.807) is 0 Å². The Morgan fingerprint density at radius 1 is 0.643 bits per heavy atom. The smallest absolute Gasteiger partial charge is 0.325 e. The summed E-state index contributed by atoms with van der Waals surface area (Å²) in [6, 6.07) is 0. The molecule has 0 bridgehead atoms. The Bertz CT molecular complexity index is 310. The van der Waals surface area contributed by atoms with Crippen LogP contribution >= 0.6 is 15.9 Å². The van der Waals surface area contributed by atoms with E-state index < -0.39 is 0 Å². The Hall–Kier alpha value is -0.0900. The molecule has 0 aromatic heterocycles. The molecule has 0 aromatic rings. The second-order valence-corrected chi connectivity index (χ2v) is 8.93. The molecular weight excluding hydrogens is 414 g/mol. The zero-order valence-electron chi connectivity index (χ0n) is 19.0. The summed E-state index contributed by atoms with van der Waals surface area (Å²) in [7, 11) is 0. The quantitative estimate of drug-likeness (QED) is 0.0922. The van der Waals surface area contributed by atoms with E-state index in [9.17, 15) is 4.79 Å². The van der Waals surface area contributed by atoms with Gasteiger partial charge in [-0.3, -0.25) is 4.79 Å². The van der Waals surface area contributed by atoms with Crippen molar-refractivity contribution < 1.29 is 9.63 Å². The minimum absolute atomic E-state index is 0.0301. The third-order valence-electron chi connectivity index (χ3n) is 5.27. The summed E-state index contributed by atoms with van der Waals surface area (Å²) in [5, 5.41) is 3.05. The van der Waals surface area contributed by atoms with Crippen LogP contribution in [-0.2, 0) is 9.63 Å². The van der Waals surface area contributed by atoms with E-state index >= 15 is 0 Å². The van der Waals surface area contributed by atoms with Crippen LogP contribution in [-0.4, -0.2) is 29.5 Å². The lowest BCUT2D eigenvalue weighted by atomic mass is 10.1. The van der Waals surface area contributed by atoms with E-state index in [1.807, 2.05) is 5.06 Å². The van der Waals surface area contributed by atoms with Gasteiger partial charge in [-0.15, -0.1) is 5.06 Å². The zero-order valence-corrected chi connectivity index (χ0v) is 20.6. The number of carbonyl (C=O) groups excluding carboxylic acids is 1. The van der Waals surface area contributed by atoms with Crippen molar-refractivity contribution in [3.8, 4) is 0 Å². The molecule has 0 aliphatic carbocycles. The van der Waals surface area contributed by atoms with Crippen molar-refractivity contribution in [2.24, 2.45) is 0 Å². The number of nitrogens with zero attached hydrogens (tertiary/aromatic N) is 1. The van der Waals surface area contributed by atoms with E-state index in [0.29, 0.717) is 6.42 Å². The van der Waals surface area contributed by atoms with E-state index in [0.717, 1.165) is 44.1 Å². The summed E-state index contributed by atoms with van der Waals surface area (Å²) in [4.78, 5) is 17.9. The first-order valence-corrected chi connectivity index (χ1v) is 13.4. The van der Waals surface area contributed by atoms with Gasteiger partial charge in [0.05, 0.1) is 0 Å². The third kappa shape index (κ3) is 20.6. The van der Waals surface area contributed by atoms with Gasteiger partial charge in [0.1, 0.15) is 0 Å². The summed E-state index contributed by atoms with van der Waals surface area (Å²) < 4.78 is 0. The Morgan fingerprint density at radius 2 is 1.07 bits per heavy atom. The highest BCUT2D eigenvalue weighted by molar-refractivity contribution is 9.09. The molecule has 0 fully saturated rings. The summed E-state index contributed by atoms with van der Waals surface area (Å²) in [6.45, 7) is 6.31. The molecule has 0 radical (unpaired) electrons. The molecule has 168 valence electrons. The number of unbranched alkanes of at least 4 members (excludes halogenated alkanes) is 14. The highest BCUT2D eigenvalue weighted by atomic mass is 79.9. The van der Waals surface area contributed by atoms with Gasteiger partial charge in [-0.2, -0.15) is 0 Å². The molecule has 3 nitrogen and oxygen atoms in total. The number of rotatable bonds is 22. The van der Waals surface area contributed by atoms with Gasteiger partial charge in [-0.1, -0.05) is 113 Å². The molecule has 0 amide bonds. The molecule has 0 atom stereocenters. The lowest BCUT2D eigenvalue weighted by molar-refractivity contribution is -0.191. The normalized spacial score (nSPS) is 11.3. The first-order chi connectivity index (χ1) is 13.7. The van der Waals surface area contributed by atoms with Crippen molar-refractivity contribution in [3.63, 3.8) is 0 Å². The highest BCUT2D eigenvalue weighted by Gasteiger charge is 2.11. The SMILES string of the molecule is CCCCCCCCN(CCCCCCCC)OC(=O)CCCCCCCBr. The second-order valence-electron chi connectivity index (χ2n) is 8.13. The van der Waals surface area contributed by atoms with E-state index in [1.165, 1.54) is 83.5 Å². The summed E-state index contributed by atoms with van der Waals surface area (Å²) in [6.07, 6.45) is 21.7. The van der Waals surface area contributed by atoms with Gasteiger partial charge in [0, 0.05) is 24.8 Å². The number of carbonyl (C=O) groups is 1. The van der Waals surface area contributed by atoms with Gasteiger partial charge >= 0.3 is 5.97 Å². The highest BCUT2D eigenvalue weighted by Crippen LogP contribution is 2.11. The maximum absolute atomic E-state index is 12.2. The van der Waals surface area contributed by atoms with Crippen LogP contribution in [0.1, 0.15) is 129 Å². The molecule has 0 rings (SSSR count). The first-order valence-electron chi connectivity index (χ1n) is 12.3. The molecule has 0 saturated carbocycles. The van der Waals surface area contributed by atoms with Crippen LogP contribution in [0, 0.1) is 0 Å². The molecule has 0 aromatic carbocycles. The molecule has 4 heteroatoms. The van der Waals surface area contributed by atoms with Crippen molar-refractivity contribution in [3.05, 3.63) is 0 Å². The minimum atomic E-state index is -0.0301. The van der Waals surface area contributed by atoms with Gasteiger partial charge in [0.15, 0.2) is 0 Å². The average Bonchev–Trinajstić information content (AvgIpc) is 2.69. The van der Waals surface area contributed by atoms with Gasteiger partial charge in [0.25, 0.3) is 0 Å². The fraction of sp³-hybridized carbons (Fsp3) is 0.958. The molecule has 0 aliphatic heterocycles. The Labute approximate surface area is 184 Å². The summed E-state index contributed by atoms with van der Waals surface area (Å²) >= 11 is 3.47. The third-order valence-corrected chi connectivity index (χ3v) is 5.83. The Balaban J connectivity index is 3.99. The molecule has 28 heavy (non-hydrogen) atoms. The maximum atomic E-state index is 12.2. The number of alkyl halides is 1. The van der Waals surface area contributed by atoms with Crippen molar-refractivity contribution in [1.29, 1.82) is 0 Å². The molecule has 0 N–H and O–H groups in total. The van der Waals surface area contributed by atoms with Crippen molar-refractivity contribution in [1.82, 2.24) is 5.06 Å². The topological polar surface area (TPSA) is 29.5 Å². The monoisotopic (exact) mass is 461 g/mol. The van der Waals surface area contributed by atoms with E-state index in [2.05, 4.69) is 29.8 Å². The Kier molecular flexibility index (Phi) is 23.1. The van der Waals surface area contributed by atoms with E-state index in [4.69, 9.17) is 4.84 Å². The number of hydrogen-bond donors (Lipinski definition) is 0. The first kappa shape index (κ1) is 27.9. The van der Waals surface area contributed by atoms with Gasteiger partial charge in [0.2, 0.25) is 0 Å². The minimum Gasteiger partial charge on any atom is -0.368 e. The van der Waals surface area contributed by atoms with Crippen LogP contribution in [0.25, 0.3) is 0 Å². The van der Waals surface area contributed by atoms with Crippen LogP contribution < -0.4 is 0 Å². The molecule has 0 heterocycles. The molecule has 0 saturated heterocycles. The fourth-order valence-electron chi connectivity index (χ4n) is 3.42. The summed E-state index contributed by atoms with van der Waals surface area (Å²) in [5.41, 5.74) is 0. The molecule has 0 unspecified atom stereocenters. The lowest BCUT2D eigenvalue weighted by Gasteiger charge is -2.21. The van der Waals surface area contributed by atoms with Crippen LogP contribution in [0.4, 0.5) is 0 Å². The number of hydroxylamine groups is 2. The molecule has 0 spiro atoms. The van der Waals surface area contributed by atoms with Gasteiger partial charge < -0.3 is 4.84 Å². The largest absolute Gasteiger partial charge is 0.368 e. The standard InChI is InChI=1S/C24H48BrNO2/c1-3-5-7-9-14-18-22-26(23-19-15-10-8-6-4-2)28-24(27)20-16-12-11-13-17-21-25/h3-23H2,1-2H3. The summed E-state index contributed by atoms with van der Waals surface area (Å²) in [5.74, 6) is -0.0301. The van der Waals surface area contributed by atoms with Crippen molar-refractivity contribution in [2.75, 3.05) is 18.4 Å². The predicted molar refractivity (Wildman–Crippen MR) is 126 cm³/mol. The van der Waals surface area contributed by atoms with Crippen LogP contribution in [0.5, 0.6) is 0 Å². The van der Waals surface area contributed by atoms with Gasteiger partial charge in [-0.25, -0.2) is 0 Å². The molecule has 0 aliphatic rings. The fourth-order valence-corrected chi connectivity index (χ4v) is 3.82. The average molecular weight is 463 g/mol. The van der Waals surface area contributed by atoms with Crippen molar-refractivity contribution in [2.45, 2.75) is 129 Å². The van der Waals surface area contributed by atoms with Crippen molar-refractivity contribution >= 4 is 21.9 Å². The zero-order chi connectivity index (χ0) is 20.7. The van der Waals surface area contributed by atoms with Crippen LogP contribution in [0.3, 0.4) is 0 Å².